The Hall–Kier alpha value is -1.29. The molecule has 0 amide bonds. The molecule has 4 nitrogen and oxygen atoms in total. The average Bonchev–Trinajstić information content (AvgIpc) is 2.72. The summed E-state index contributed by atoms with van der Waals surface area (Å²) in [6.45, 7) is 0.664. The van der Waals surface area contributed by atoms with Gasteiger partial charge < -0.3 is 14.4 Å². The highest BCUT2D eigenvalue weighted by Crippen LogP contribution is 2.24. The summed E-state index contributed by atoms with van der Waals surface area (Å²) < 4.78 is 7.04. The van der Waals surface area contributed by atoms with E-state index in [0.29, 0.717) is 18.2 Å². The number of aliphatic hydroxyl groups is 1. The number of ether oxygens (including phenoxy) is 1. The van der Waals surface area contributed by atoms with E-state index in [9.17, 15) is 5.11 Å². The Labute approximate surface area is 76.5 Å². The summed E-state index contributed by atoms with van der Waals surface area (Å²) in [7, 11) is 1.85. The molecule has 1 aliphatic heterocycles. The second kappa shape index (κ2) is 3.22. The third-order valence-corrected chi connectivity index (χ3v) is 2.10. The Bertz CT molecular complexity index is 330. The number of aliphatic hydroxyl groups excluding tert-OH is 1. The number of aryl methyl sites for hydroxylation is 1. The van der Waals surface area contributed by atoms with E-state index in [-0.39, 0.29) is 0 Å². The minimum absolute atomic E-state index is 0.619. The lowest BCUT2D eigenvalue weighted by Crippen LogP contribution is -2.08. The van der Waals surface area contributed by atoms with Crippen LogP contribution in [0.2, 0.25) is 0 Å². The fourth-order valence-electron chi connectivity index (χ4n) is 1.40. The smallest absolute Gasteiger partial charge is 0.168 e. The third kappa shape index (κ3) is 1.45. The highest BCUT2D eigenvalue weighted by Gasteiger charge is 2.20. The van der Waals surface area contributed by atoms with Crippen LogP contribution in [0.25, 0.3) is 0 Å². The highest BCUT2D eigenvalue weighted by molar-refractivity contribution is 5.12. The lowest BCUT2D eigenvalue weighted by atomic mass is 10.2. The van der Waals surface area contributed by atoms with Crippen molar-refractivity contribution in [3.8, 4) is 0 Å². The summed E-state index contributed by atoms with van der Waals surface area (Å²) in [6.07, 6.45) is 5.51. The molecule has 0 saturated carbocycles. The highest BCUT2D eigenvalue weighted by atomic mass is 16.5. The third-order valence-electron chi connectivity index (χ3n) is 2.10. The van der Waals surface area contributed by atoms with Crippen molar-refractivity contribution in [3.63, 3.8) is 0 Å². The SMILES string of the molecule is Cn1ccnc1C(O)C1=CCCO1. The molecule has 1 atom stereocenters. The van der Waals surface area contributed by atoms with Gasteiger partial charge >= 0.3 is 0 Å². The summed E-state index contributed by atoms with van der Waals surface area (Å²) >= 11 is 0. The first-order valence-corrected chi connectivity index (χ1v) is 4.27. The molecule has 1 aromatic heterocycles. The molecule has 0 fully saturated rings. The molecule has 0 bridgehead atoms. The van der Waals surface area contributed by atoms with Crippen molar-refractivity contribution in [2.45, 2.75) is 12.5 Å². The predicted octanol–water partition coefficient (Wildman–Crippen LogP) is 0.758. The van der Waals surface area contributed by atoms with Crippen molar-refractivity contribution in [3.05, 3.63) is 30.1 Å². The van der Waals surface area contributed by atoms with E-state index < -0.39 is 6.10 Å². The lowest BCUT2D eigenvalue weighted by Gasteiger charge is -2.11. The summed E-state index contributed by atoms with van der Waals surface area (Å²) in [5.41, 5.74) is 0. The molecule has 2 heterocycles. The van der Waals surface area contributed by atoms with Crippen LogP contribution in [0.5, 0.6) is 0 Å². The molecule has 0 aromatic carbocycles. The largest absolute Gasteiger partial charge is 0.495 e. The maximum Gasteiger partial charge on any atom is 0.168 e. The molecule has 1 unspecified atom stereocenters. The Morgan fingerprint density at radius 2 is 2.54 bits per heavy atom. The monoisotopic (exact) mass is 180 g/mol. The maximum atomic E-state index is 9.81. The fraction of sp³-hybridized carbons (Fsp3) is 0.444. The van der Waals surface area contributed by atoms with E-state index in [4.69, 9.17) is 4.74 Å². The molecule has 0 saturated heterocycles. The van der Waals surface area contributed by atoms with Gasteiger partial charge in [-0.15, -0.1) is 0 Å². The number of nitrogens with zero attached hydrogens (tertiary/aromatic N) is 2. The molecule has 0 radical (unpaired) electrons. The molecule has 4 heteroatoms. The van der Waals surface area contributed by atoms with E-state index in [1.54, 1.807) is 17.0 Å². The minimum atomic E-state index is -0.720. The molecule has 1 N–H and O–H groups in total. The van der Waals surface area contributed by atoms with Gasteiger partial charge in [-0.1, -0.05) is 0 Å². The van der Waals surface area contributed by atoms with Crippen LogP contribution in [0.15, 0.2) is 24.2 Å². The van der Waals surface area contributed by atoms with Gasteiger partial charge in [-0.3, -0.25) is 0 Å². The van der Waals surface area contributed by atoms with Crippen LogP contribution >= 0.6 is 0 Å². The van der Waals surface area contributed by atoms with Gasteiger partial charge in [-0.25, -0.2) is 4.98 Å². The van der Waals surface area contributed by atoms with Crippen molar-refractivity contribution >= 4 is 0 Å². The first-order valence-electron chi connectivity index (χ1n) is 4.27. The first kappa shape index (κ1) is 8.31. The van der Waals surface area contributed by atoms with Gasteiger partial charge in [0, 0.05) is 25.9 Å². The zero-order valence-electron chi connectivity index (χ0n) is 7.47. The Kier molecular flexibility index (Phi) is 2.06. The van der Waals surface area contributed by atoms with Crippen LogP contribution in [0.1, 0.15) is 18.3 Å². The van der Waals surface area contributed by atoms with Crippen LogP contribution in [-0.2, 0) is 11.8 Å². The van der Waals surface area contributed by atoms with Gasteiger partial charge in [-0.2, -0.15) is 0 Å². The first-order chi connectivity index (χ1) is 6.29. The average molecular weight is 180 g/mol. The van der Waals surface area contributed by atoms with Crippen LogP contribution in [0.3, 0.4) is 0 Å². The lowest BCUT2D eigenvalue weighted by molar-refractivity contribution is 0.111. The number of aromatic nitrogens is 2. The molecule has 1 aliphatic rings. The van der Waals surface area contributed by atoms with Crippen molar-refractivity contribution < 1.29 is 9.84 Å². The maximum absolute atomic E-state index is 9.81. The second-order valence-electron chi connectivity index (χ2n) is 3.04. The molecule has 70 valence electrons. The molecule has 13 heavy (non-hydrogen) atoms. The van der Waals surface area contributed by atoms with Crippen molar-refractivity contribution in [2.24, 2.45) is 7.05 Å². The number of hydrogen-bond acceptors (Lipinski definition) is 3. The Balaban J connectivity index is 2.21. The number of hydrogen-bond donors (Lipinski definition) is 1. The van der Waals surface area contributed by atoms with Crippen molar-refractivity contribution in [1.82, 2.24) is 9.55 Å². The molecular weight excluding hydrogens is 168 g/mol. The van der Waals surface area contributed by atoms with E-state index in [1.165, 1.54) is 0 Å². The zero-order chi connectivity index (χ0) is 9.26. The van der Waals surface area contributed by atoms with Crippen LogP contribution in [0.4, 0.5) is 0 Å². The standard InChI is InChI=1S/C9H12N2O2/c1-11-5-4-10-9(11)8(12)7-3-2-6-13-7/h3-5,8,12H,2,6H2,1H3. The van der Waals surface area contributed by atoms with Gasteiger partial charge in [0.2, 0.25) is 0 Å². The van der Waals surface area contributed by atoms with E-state index >= 15 is 0 Å². The molecule has 0 spiro atoms. The van der Waals surface area contributed by atoms with Crippen LogP contribution in [-0.4, -0.2) is 21.3 Å². The predicted molar refractivity (Wildman–Crippen MR) is 46.8 cm³/mol. The number of rotatable bonds is 2. The zero-order valence-corrected chi connectivity index (χ0v) is 7.47. The number of imidazole rings is 1. The quantitative estimate of drug-likeness (QED) is 0.730. The van der Waals surface area contributed by atoms with Crippen molar-refractivity contribution in [1.29, 1.82) is 0 Å². The van der Waals surface area contributed by atoms with Crippen LogP contribution in [0, 0.1) is 0 Å². The topological polar surface area (TPSA) is 47.3 Å². The fourth-order valence-corrected chi connectivity index (χ4v) is 1.40. The second-order valence-corrected chi connectivity index (χ2v) is 3.04. The molecule has 0 aliphatic carbocycles. The van der Waals surface area contributed by atoms with E-state index in [1.807, 2.05) is 13.1 Å². The normalized spacial score (nSPS) is 18.2. The van der Waals surface area contributed by atoms with Gasteiger partial charge in [-0.05, 0) is 6.08 Å². The molecule has 1 aromatic rings. The Morgan fingerprint density at radius 1 is 1.69 bits per heavy atom. The summed E-state index contributed by atoms with van der Waals surface area (Å²) in [5, 5.41) is 9.81. The summed E-state index contributed by atoms with van der Waals surface area (Å²) in [4.78, 5) is 4.05. The van der Waals surface area contributed by atoms with Gasteiger partial charge in [0.1, 0.15) is 11.6 Å². The van der Waals surface area contributed by atoms with Crippen LogP contribution < -0.4 is 0 Å². The minimum Gasteiger partial charge on any atom is -0.495 e. The molecular formula is C9H12N2O2. The van der Waals surface area contributed by atoms with E-state index in [0.717, 1.165) is 6.42 Å². The summed E-state index contributed by atoms with van der Waals surface area (Å²) in [5.74, 6) is 1.24. The Morgan fingerprint density at radius 3 is 3.08 bits per heavy atom. The van der Waals surface area contributed by atoms with Gasteiger partial charge in [0.05, 0.1) is 6.61 Å². The van der Waals surface area contributed by atoms with Crippen molar-refractivity contribution in [2.75, 3.05) is 6.61 Å². The van der Waals surface area contributed by atoms with E-state index in [2.05, 4.69) is 4.98 Å². The van der Waals surface area contributed by atoms with Gasteiger partial charge in [0.25, 0.3) is 0 Å². The molecule has 2 rings (SSSR count). The van der Waals surface area contributed by atoms with Gasteiger partial charge in [0.15, 0.2) is 6.10 Å². The summed E-state index contributed by atoms with van der Waals surface area (Å²) in [6, 6.07) is 0.